The van der Waals surface area contributed by atoms with E-state index in [1.54, 1.807) is 0 Å². The first-order valence-electron chi connectivity index (χ1n) is 7.23. The summed E-state index contributed by atoms with van der Waals surface area (Å²) >= 11 is 0. The van der Waals surface area contributed by atoms with Gasteiger partial charge < -0.3 is 19.0 Å². The summed E-state index contributed by atoms with van der Waals surface area (Å²) in [5, 5.41) is 21.3. The largest absolute Gasteiger partial charge is 0.507 e. The molecule has 0 bridgehead atoms. The van der Waals surface area contributed by atoms with Gasteiger partial charge >= 0.3 is 11.3 Å². The molecule has 0 spiro atoms. The Bertz CT molecular complexity index is 1140. The highest BCUT2D eigenvalue weighted by Gasteiger charge is 2.20. The first-order chi connectivity index (χ1) is 12.1. The van der Waals surface area contributed by atoms with Crippen LogP contribution in [0.15, 0.2) is 55.3 Å². The third kappa shape index (κ3) is 2.31. The van der Waals surface area contributed by atoms with Crippen LogP contribution in [0.2, 0.25) is 0 Å². The van der Waals surface area contributed by atoms with Gasteiger partial charge in [0.2, 0.25) is 0 Å². The van der Waals surface area contributed by atoms with E-state index in [0.29, 0.717) is 0 Å². The van der Waals surface area contributed by atoms with E-state index in [1.165, 1.54) is 36.9 Å². The maximum atomic E-state index is 12.2. The number of hydrogen-bond donors (Lipinski definition) is 2. The van der Waals surface area contributed by atoms with Gasteiger partial charge in [0.05, 0.1) is 34.3 Å². The van der Waals surface area contributed by atoms with Crippen LogP contribution < -0.4 is 11.3 Å². The molecule has 0 fully saturated rings. The average Bonchev–Trinajstić information content (AvgIpc) is 2.61. The number of rotatable bonds is 2. The highest BCUT2D eigenvalue weighted by Crippen LogP contribution is 2.30. The summed E-state index contributed by atoms with van der Waals surface area (Å²) in [6.07, 6.45) is 5.12. The number of hydrogen-bond acceptors (Lipinski definition) is 8. The molecule has 4 aromatic heterocycles. The number of fused-ring (bicyclic) bond motifs is 2. The summed E-state index contributed by atoms with van der Waals surface area (Å²) in [5.74, 6) is -0.662. The molecule has 0 atom stereocenters. The quantitative estimate of drug-likeness (QED) is 0.565. The Hall–Kier alpha value is -3.68. The van der Waals surface area contributed by atoms with Crippen molar-refractivity contribution in [2.24, 2.45) is 0 Å². The molecule has 25 heavy (non-hydrogen) atoms. The predicted octanol–water partition coefficient (Wildman–Crippen LogP) is 1.69. The molecule has 4 heterocycles. The van der Waals surface area contributed by atoms with E-state index in [-0.39, 0.29) is 51.0 Å². The number of aromatic hydroxyl groups is 2. The number of pyridine rings is 2. The van der Waals surface area contributed by atoms with Crippen LogP contribution in [0.3, 0.4) is 0 Å². The van der Waals surface area contributed by atoms with Gasteiger partial charge in [0.15, 0.2) is 11.2 Å². The van der Waals surface area contributed by atoms with Gasteiger partial charge in [-0.15, -0.1) is 0 Å². The lowest BCUT2D eigenvalue weighted by atomic mass is 10.0. The normalized spacial score (nSPS) is 11.2. The van der Waals surface area contributed by atoms with E-state index in [2.05, 4.69) is 9.97 Å². The minimum atomic E-state index is -0.827. The van der Waals surface area contributed by atoms with Crippen LogP contribution in [0.5, 0.6) is 11.5 Å². The summed E-state index contributed by atoms with van der Waals surface area (Å²) in [6.45, 7) is 0. The van der Waals surface area contributed by atoms with E-state index < -0.39 is 11.3 Å². The molecule has 0 aliphatic rings. The van der Waals surface area contributed by atoms with E-state index in [9.17, 15) is 19.8 Å². The number of aromatic nitrogens is 2. The zero-order chi connectivity index (χ0) is 17.6. The topological polar surface area (TPSA) is 127 Å². The Labute approximate surface area is 138 Å². The molecule has 8 nitrogen and oxygen atoms in total. The van der Waals surface area contributed by atoms with Crippen molar-refractivity contribution in [1.29, 1.82) is 0 Å². The zero-order valence-corrected chi connectivity index (χ0v) is 12.6. The minimum absolute atomic E-state index is 0.120. The molecule has 124 valence electrons. The lowest BCUT2D eigenvalue weighted by Crippen LogP contribution is -2.14. The molecule has 4 rings (SSSR count). The third-order valence-electron chi connectivity index (χ3n) is 3.90. The van der Waals surface area contributed by atoms with Crippen LogP contribution in [0.1, 0.15) is 11.1 Å². The molecular formula is C17H10N2O6. The van der Waals surface area contributed by atoms with Crippen LogP contribution in [0.4, 0.5) is 0 Å². The van der Waals surface area contributed by atoms with Gasteiger partial charge in [-0.25, -0.2) is 9.59 Å². The van der Waals surface area contributed by atoms with Crippen molar-refractivity contribution >= 4 is 21.9 Å². The molecule has 2 N–H and O–H groups in total. The van der Waals surface area contributed by atoms with Crippen LogP contribution in [-0.2, 0) is 6.42 Å². The molecular weight excluding hydrogens is 328 g/mol. The molecule has 0 saturated carbocycles. The third-order valence-corrected chi connectivity index (χ3v) is 3.90. The minimum Gasteiger partial charge on any atom is -0.507 e. The summed E-state index contributed by atoms with van der Waals surface area (Å²) < 4.78 is 10.2. The first kappa shape index (κ1) is 14.9. The lowest BCUT2D eigenvalue weighted by molar-refractivity contribution is 0.448. The van der Waals surface area contributed by atoms with Gasteiger partial charge in [-0.3, -0.25) is 9.97 Å². The summed E-state index contributed by atoms with van der Waals surface area (Å²) in [7, 11) is 0. The van der Waals surface area contributed by atoms with Crippen LogP contribution in [-0.4, -0.2) is 20.2 Å². The predicted molar refractivity (Wildman–Crippen MR) is 86.7 cm³/mol. The Morgan fingerprint density at radius 2 is 1.24 bits per heavy atom. The first-order valence-corrected chi connectivity index (χ1v) is 7.23. The molecule has 8 heteroatoms. The van der Waals surface area contributed by atoms with Crippen LogP contribution in [0.25, 0.3) is 21.9 Å². The van der Waals surface area contributed by atoms with E-state index >= 15 is 0 Å². The fourth-order valence-electron chi connectivity index (χ4n) is 2.64. The van der Waals surface area contributed by atoms with Crippen molar-refractivity contribution in [3.8, 4) is 11.5 Å². The van der Waals surface area contributed by atoms with Gasteiger partial charge in [-0.05, 0) is 12.1 Å². The van der Waals surface area contributed by atoms with Gasteiger partial charge in [0.25, 0.3) is 0 Å². The maximum Gasteiger partial charge on any atom is 0.343 e. The Balaban J connectivity index is 1.95. The fourth-order valence-corrected chi connectivity index (χ4v) is 2.64. The zero-order valence-electron chi connectivity index (χ0n) is 12.6. The van der Waals surface area contributed by atoms with Crippen molar-refractivity contribution in [2.45, 2.75) is 6.42 Å². The van der Waals surface area contributed by atoms with Crippen molar-refractivity contribution in [2.75, 3.05) is 0 Å². The molecule has 4 aromatic rings. The molecule has 0 aliphatic heterocycles. The smallest absolute Gasteiger partial charge is 0.343 e. The maximum absolute atomic E-state index is 12.2. The second-order valence-electron chi connectivity index (χ2n) is 5.35. The van der Waals surface area contributed by atoms with Crippen LogP contribution in [0, 0.1) is 0 Å². The number of nitrogens with zero attached hydrogens (tertiary/aromatic N) is 2. The van der Waals surface area contributed by atoms with Gasteiger partial charge in [0, 0.05) is 18.8 Å². The van der Waals surface area contributed by atoms with Crippen molar-refractivity contribution in [1.82, 2.24) is 9.97 Å². The Morgan fingerprint density at radius 3 is 1.68 bits per heavy atom. The lowest BCUT2D eigenvalue weighted by Gasteiger charge is -2.08. The summed E-state index contributed by atoms with van der Waals surface area (Å²) in [5.41, 5.74) is -1.73. The van der Waals surface area contributed by atoms with E-state index in [0.717, 1.165) is 0 Å². The van der Waals surface area contributed by atoms with Gasteiger partial charge in [-0.2, -0.15) is 0 Å². The van der Waals surface area contributed by atoms with Gasteiger partial charge in [-0.1, -0.05) is 0 Å². The standard InChI is InChI=1S/C17H10N2O6/c20-14-8-1-3-18-6-12(8)24-16(22)10(14)5-11-15(21)9-2-4-19-7-13(9)25-17(11)23/h1-4,6-7,20-21H,5H2. The summed E-state index contributed by atoms with van der Waals surface area (Å²) in [4.78, 5) is 32.0. The highest BCUT2D eigenvalue weighted by atomic mass is 16.4. The van der Waals surface area contributed by atoms with Crippen molar-refractivity contribution in [3.63, 3.8) is 0 Å². The van der Waals surface area contributed by atoms with Crippen LogP contribution >= 0.6 is 0 Å². The molecule has 0 unspecified atom stereocenters. The fraction of sp³-hybridized carbons (Fsp3) is 0.0588. The van der Waals surface area contributed by atoms with Crippen molar-refractivity contribution < 1.29 is 19.0 Å². The second-order valence-corrected chi connectivity index (χ2v) is 5.35. The van der Waals surface area contributed by atoms with Crippen molar-refractivity contribution in [3.05, 3.63) is 68.9 Å². The Kier molecular flexibility index (Phi) is 3.24. The SMILES string of the molecule is O=c1oc2cnccc2c(O)c1Cc1c(O)c2ccncc2oc1=O. The molecule has 0 aromatic carbocycles. The monoisotopic (exact) mass is 338 g/mol. The molecule has 0 amide bonds. The van der Waals surface area contributed by atoms with E-state index in [4.69, 9.17) is 8.83 Å². The molecule has 0 aliphatic carbocycles. The molecule has 0 saturated heterocycles. The van der Waals surface area contributed by atoms with E-state index in [1.807, 2.05) is 0 Å². The molecule has 0 radical (unpaired) electrons. The highest BCUT2D eigenvalue weighted by molar-refractivity contribution is 5.85. The average molecular weight is 338 g/mol. The van der Waals surface area contributed by atoms with Gasteiger partial charge in [0.1, 0.15) is 11.5 Å². The summed E-state index contributed by atoms with van der Waals surface area (Å²) in [6, 6.07) is 2.96. The Morgan fingerprint density at radius 1 is 0.800 bits per heavy atom. The second kappa shape index (κ2) is 5.45.